The lowest BCUT2D eigenvalue weighted by Gasteiger charge is -2.25. The Morgan fingerprint density at radius 2 is 1.72 bits per heavy atom. The van der Waals surface area contributed by atoms with Gasteiger partial charge in [0.15, 0.2) is 5.96 Å². The lowest BCUT2D eigenvalue weighted by Crippen LogP contribution is -2.57. The van der Waals surface area contributed by atoms with Crippen molar-refractivity contribution in [1.82, 2.24) is 21.3 Å². The summed E-state index contributed by atoms with van der Waals surface area (Å²) >= 11 is 1.52. The quantitative estimate of drug-likeness (QED) is 0.0696. The van der Waals surface area contributed by atoms with Crippen LogP contribution in [0.4, 0.5) is 0 Å². The van der Waals surface area contributed by atoms with Crippen molar-refractivity contribution >= 4 is 41.4 Å². The Morgan fingerprint density at radius 1 is 1.05 bits per heavy atom. The van der Waals surface area contributed by atoms with Crippen LogP contribution in [-0.2, 0) is 25.6 Å². The number of hydrogen-bond acceptors (Lipinski definition) is 8. The molecule has 2 rings (SSSR count). The molecule has 0 bridgehead atoms. The summed E-state index contributed by atoms with van der Waals surface area (Å²) in [4.78, 5) is 54.9. The molecule has 4 unspecified atom stereocenters. The molecule has 3 amide bonds. The van der Waals surface area contributed by atoms with Gasteiger partial charge in [-0.15, -0.1) is 0 Å². The highest BCUT2D eigenvalue weighted by Gasteiger charge is 2.31. The number of nitrogens with one attached hydrogen (secondary N) is 4. The molecule has 1 aromatic carbocycles. The fourth-order valence-electron chi connectivity index (χ4n) is 4.07. The molecule has 0 aliphatic carbocycles. The smallest absolute Gasteiger partial charge is 0.326 e. The molecular formula is C25H39N7O6S. The molecule has 0 spiro atoms. The van der Waals surface area contributed by atoms with Crippen LogP contribution in [0.25, 0.3) is 0 Å². The van der Waals surface area contributed by atoms with Gasteiger partial charge >= 0.3 is 5.97 Å². The van der Waals surface area contributed by atoms with Crippen molar-refractivity contribution in [2.45, 2.75) is 62.7 Å². The number of thioether (sulfide) groups is 1. The molecule has 13 nitrogen and oxygen atoms in total. The second kappa shape index (κ2) is 16.4. The van der Waals surface area contributed by atoms with Crippen LogP contribution in [-0.4, -0.2) is 89.1 Å². The third kappa shape index (κ3) is 11.4. The van der Waals surface area contributed by atoms with Crippen molar-refractivity contribution in [1.29, 1.82) is 0 Å². The summed E-state index contributed by atoms with van der Waals surface area (Å²) in [6, 6.07) is 2.48. The number of carboxylic acids is 1. The Kier molecular flexibility index (Phi) is 13.4. The molecule has 0 aromatic heterocycles. The van der Waals surface area contributed by atoms with Crippen molar-refractivity contribution in [2.24, 2.45) is 16.5 Å². The number of aromatic hydroxyl groups is 1. The minimum absolute atomic E-state index is 0.0333. The van der Waals surface area contributed by atoms with E-state index < -0.39 is 35.9 Å². The van der Waals surface area contributed by atoms with E-state index in [4.69, 9.17) is 11.5 Å². The Bertz CT molecular complexity index is 997. The lowest BCUT2D eigenvalue weighted by molar-refractivity contribution is -0.142. The molecule has 0 saturated carbocycles. The number of carboxylic acid groups (broad SMARTS) is 1. The van der Waals surface area contributed by atoms with Crippen molar-refractivity contribution < 1.29 is 29.4 Å². The standard InChI is InChI=1S/C25H39N7O6S/c1-39-13-10-18(30-21(34)17-4-2-11-28-17)22(35)32-20(14-15-6-8-16(33)9-7-15)23(36)31-19(24(37)38)5-3-12-29-25(26)27/h6-9,17-20,28,33H,2-5,10-14H2,1H3,(H,30,34)(H,31,36)(H,32,35)(H,37,38)(H4,26,27,29). The van der Waals surface area contributed by atoms with E-state index in [0.717, 1.165) is 13.0 Å². The Labute approximate surface area is 231 Å². The number of phenols is 1. The van der Waals surface area contributed by atoms with Crippen LogP contribution in [0.3, 0.4) is 0 Å². The van der Waals surface area contributed by atoms with Gasteiger partial charge in [0.2, 0.25) is 17.7 Å². The van der Waals surface area contributed by atoms with Gasteiger partial charge in [-0.3, -0.25) is 19.4 Å². The van der Waals surface area contributed by atoms with E-state index in [9.17, 15) is 29.4 Å². The summed E-state index contributed by atoms with van der Waals surface area (Å²) in [6.45, 7) is 0.924. The number of aliphatic carboxylic acids is 1. The average Bonchev–Trinajstić information content (AvgIpc) is 3.44. The van der Waals surface area contributed by atoms with E-state index in [0.29, 0.717) is 30.6 Å². The number of carbonyl (C=O) groups is 4. The van der Waals surface area contributed by atoms with E-state index in [1.54, 1.807) is 12.1 Å². The van der Waals surface area contributed by atoms with Crippen molar-refractivity contribution in [3.8, 4) is 5.75 Å². The first-order valence-corrected chi connectivity index (χ1v) is 14.2. The monoisotopic (exact) mass is 565 g/mol. The highest BCUT2D eigenvalue weighted by Crippen LogP contribution is 2.13. The zero-order valence-corrected chi connectivity index (χ0v) is 22.8. The van der Waals surface area contributed by atoms with Gasteiger partial charge in [-0.25, -0.2) is 4.79 Å². The molecular weight excluding hydrogens is 526 g/mol. The maximum Gasteiger partial charge on any atom is 0.326 e. The van der Waals surface area contributed by atoms with Crippen LogP contribution in [0.5, 0.6) is 5.75 Å². The first kappa shape index (κ1) is 31.7. The first-order valence-electron chi connectivity index (χ1n) is 12.8. The number of benzene rings is 1. The SMILES string of the molecule is CSCCC(NC(=O)C1CCCN1)C(=O)NC(Cc1ccc(O)cc1)C(=O)NC(CCCN=C(N)N)C(=O)O. The van der Waals surface area contributed by atoms with Gasteiger partial charge in [0.1, 0.15) is 23.9 Å². The summed E-state index contributed by atoms with van der Waals surface area (Å²) in [5, 5.41) is 30.3. The van der Waals surface area contributed by atoms with Crippen molar-refractivity contribution in [2.75, 3.05) is 25.1 Å². The summed E-state index contributed by atoms with van der Waals surface area (Å²) in [6.07, 6.45) is 4.18. The van der Waals surface area contributed by atoms with Crippen LogP contribution in [0.1, 0.15) is 37.7 Å². The van der Waals surface area contributed by atoms with Crippen LogP contribution in [0, 0.1) is 0 Å². The number of rotatable bonds is 16. The number of guanidine groups is 1. The molecule has 1 fully saturated rings. The minimum atomic E-state index is -1.24. The number of hydrogen-bond donors (Lipinski definition) is 8. The number of phenolic OH excluding ortho intramolecular Hbond substituents is 1. The predicted molar refractivity (Wildman–Crippen MR) is 149 cm³/mol. The number of amides is 3. The normalized spacial score (nSPS) is 16.9. The maximum atomic E-state index is 13.3. The highest BCUT2D eigenvalue weighted by atomic mass is 32.2. The molecule has 1 aromatic rings. The molecule has 0 radical (unpaired) electrons. The predicted octanol–water partition coefficient (Wildman–Crippen LogP) is -0.968. The van der Waals surface area contributed by atoms with E-state index in [1.165, 1.54) is 23.9 Å². The van der Waals surface area contributed by atoms with Gasteiger partial charge in [-0.05, 0) is 68.4 Å². The van der Waals surface area contributed by atoms with E-state index in [1.807, 2.05) is 6.26 Å². The Morgan fingerprint density at radius 3 is 2.31 bits per heavy atom. The zero-order valence-electron chi connectivity index (χ0n) is 22.0. The maximum absolute atomic E-state index is 13.3. The third-order valence-electron chi connectivity index (χ3n) is 6.19. The van der Waals surface area contributed by atoms with Gasteiger partial charge in [-0.2, -0.15) is 11.8 Å². The summed E-state index contributed by atoms with van der Waals surface area (Å²) in [5.41, 5.74) is 11.2. The van der Waals surface area contributed by atoms with E-state index in [-0.39, 0.29) is 43.0 Å². The Hall–Kier alpha value is -3.52. The van der Waals surface area contributed by atoms with Crippen LogP contribution in [0.2, 0.25) is 0 Å². The second-order valence-corrected chi connectivity index (χ2v) is 10.3. The summed E-state index contributed by atoms with van der Waals surface area (Å²) in [5.74, 6) is -2.24. The molecule has 1 aliphatic rings. The van der Waals surface area contributed by atoms with E-state index in [2.05, 4.69) is 26.3 Å². The first-order chi connectivity index (χ1) is 18.6. The molecule has 14 heteroatoms. The topological polar surface area (TPSA) is 221 Å². The molecule has 1 aliphatic heterocycles. The third-order valence-corrected chi connectivity index (χ3v) is 6.83. The van der Waals surface area contributed by atoms with Crippen LogP contribution < -0.4 is 32.7 Å². The fourth-order valence-corrected chi connectivity index (χ4v) is 4.54. The second-order valence-electron chi connectivity index (χ2n) is 9.27. The lowest BCUT2D eigenvalue weighted by atomic mass is 10.0. The number of aliphatic imine (C=N–C) groups is 1. The van der Waals surface area contributed by atoms with Crippen molar-refractivity contribution in [3.63, 3.8) is 0 Å². The molecule has 10 N–H and O–H groups in total. The number of carbonyl (C=O) groups excluding carboxylic acids is 3. The molecule has 4 atom stereocenters. The molecule has 39 heavy (non-hydrogen) atoms. The van der Waals surface area contributed by atoms with Gasteiger partial charge in [0.05, 0.1) is 6.04 Å². The van der Waals surface area contributed by atoms with E-state index >= 15 is 0 Å². The highest BCUT2D eigenvalue weighted by molar-refractivity contribution is 7.98. The molecule has 1 saturated heterocycles. The van der Waals surface area contributed by atoms with Gasteiger partial charge in [0.25, 0.3) is 0 Å². The summed E-state index contributed by atoms with van der Waals surface area (Å²) < 4.78 is 0. The van der Waals surface area contributed by atoms with Gasteiger partial charge in [0, 0.05) is 13.0 Å². The van der Waals surface area contributed by atoms with Crippen molar-refractivity contribution in [3.05, 3.63) is 29.8 Å². The minimum Gasteiger partial charge on any atom is -0.508 e. The zero-order chi connectivity index (χ0) is 28.8. The van der Waals surface area contributed by atoms with Crippen LogP contribution in [0.15, 0.2) is 29.3 Å². The van der Waals surface area contributed by atoms with Gasteiger partial charge in [-0.1, -0.05) is 12.1 Å². The molecule has 1 heterocycles. The largest absolute Gasteiger partial charge is 0.508 e. The average molecular weight is 566 g/mol. The van der Waals surface area contributed by atoms with Crippen LogP contribution >= 0.6 is 11.8 Å². The fraction of sp³-hybridized carbons (Fsp3) is 0.560. The number of nitrogens with two attached hydrogens (primary N) is 2. The van der Waals surface area contributed by atoms with Gasteiger partial charge < -0.3 is 42.9 Å². The number of nitrogens with zero attached hydrogens (tertiary/aromatic N) is 1. The Balaban J connectivity index is 2.17. The molecule has 216 valence electrons. The summed E-state index contributed by atoms with van der Waals surface area (Å²) in [7, 11) is 0.